The lowest BCUT2D eigenvalue weighted by Gasteiger charge is -2.34. The third kappa shape index (κ3) is 2.43. The van der Waals surface area contributed by atoms with Gasteiger partial charge in [-0.25, -0.2) is 0 Å². The van der Waals surface area contributed by atoms with Crippen LogP contribution in [0, 0.1) is 6.92 Å². The molecule has 0 saturated heterocycles. The van der Waals surface area contributed by atoms with E-state index in [1.54, 1.807) is 0 Å². The summed E-state index contributed by atoms with van der Waals surface area (Å²) in [6.07, 6.45) is 0. The summed E-state index contributed by atoms with van der Waals surface area (Å²) in [5.74, 6) is 0. The molecule has 0 amide bonds. The lowest BCUT2D eigenvalue weighted by atomic mass is 9.67. The van der Waals surface area contributed by atoms with Crippen LogP contribution >= 0.6 is 11.6 Å². The van der Waals surface area contributed by atoms with Crippen molar-refractivity contribution in [1.82, 2.24) is 0 Å². The van der Waals surface area contributed by atoms with Crippen LogP contribution in [0.3, 0.4) is 0 Å². The molecule has 0 fully saturated rings. The molecular formula is C26H21ClN2. The van der Waals surface area contributed by atoms with E-state index in [9.17, 15) is 0 Å². The number of aryl methyl sites for hydroxylation is 1. The van der Waals surface area contributed by atoms with E-state index in [4.69, 9.17) is 23.1 Å². The van der Waals surface area contributed by atoms with Crippen LogP contribution in [-0.2, 0) is 5.41 Å². The van der Waals surface area contributed by atoms with Crippen LogP contribution in [0.25, 0.3) is 11.1 Å². The quantitative estimate of drug-likeness (QED) is 0.350. The fourth-order valence-corrected chi connectivity index (χ4v) is 4.87. The first-order valence-corrected chi connectivity index (χ1v) is 10.0. The Morgan fingerprint density at radius 3 is 1.72 bits per heavy atom. The van der Waals surface area contributed by atoms with Crippen LogP contribution in [0.2, 0.25) is 5.02 Å². The van der Waals surface area contributed by atoms with Crippen molar-refractivity contribution in [2.45, 2.75) is 12.3 Å². The van der Waals surface area contributed by atoms with E-state index in [2.05, 4.69) is 73.7 Å². The SMILES string of the molecule is Cc1cc(C2(c3ccc(N)c(Cl)c3)c3ccccc3-c3ccccc32)ccc1N. The van der Waals surface area contributed by atoms with E-state index >= 15 is 0 Å². The highest BCUT2D eigenvalue weighted by Gasteiger charge is 2.46. The van der Waals surface area contributed by atoms with Gasteiger partial charge < -0.3 is 11.5 Å². The van der Waals surface area contributed by atoms with E-state index < -0.39 is 5.41 Å². The second-order valence-corrected chi connectivity index (χ2v) is 8.06. The first-order valence-electron chi connectivity index (χ1n) is 9.65. The maximum absolute atomic E-state index is 6.51. The summed E-state index contributed by atoms with van der Waals surface area (Å²) in [7, 11) is 0. The highest BCUT2D eigenvalue weighted by Crippen LogP contribution is 2.56. The third-order valence-electron chi connectivity index (χ3n) is 6.09. The topological polar surface area (TPSA) is 52.0 Å². The molecule has 0 radical (unpaired) electrons. The van der Waals surface area contributed by atoms with Crippen molar-refractivity contribution in [3.05, 3.63) is 118 Å². The summed E-state index contributed by atoms with van der Waals surface area (Å²) < 4.78 is 0. The number of nitrogen functional groups attached to an aromatic ring is 2. The number of hydrogen-bond donors (Lipinski definition) is 2. The van der Waals surface area contributed by atoms with Gasteiger partial charge in [0.05, 0.1) is 16.1 Å². The average Bonchev–Trinajstić information content (AvgIpc) is 3.04. The second-order valence-electron chi connectivity index (χ2n) is 7.65. The minimum absolute atomic E-state index is 0.483. The second kappa shape index (κ2) is 6.40. The Hall–Kier alpha value is -3.23. The van der Waals surface area contributed by atoms with Gasteiger partial charge in [0, 0.05) is 5.69 Å². The molecule has 2 nitrogen and oxygen atoms in total. The predicted molar refractivity (Wildman–Crippen MR) is 122 cm³/mol. The molecule has 0 saturated carbocycles. The summed E-state index contributed by atoms with van der Waals surface area (Å²) in [6.45, 7) is 2.05. The smallest absolute Gasteiger partial charge is 0.0714 e. The zero-order valence-corrected chi connectivity index (χ0v) is 16.9. The van der Waals surface area contributed by atoms with Crippen LogP contribution < -0.4 is 11.5 Å². The standard InChI is InChI=1S/C26H21ClN2/c1-16-14-17(10-12-24(16)28)26(18-11-13-25(29)23(27)15-18)21-8-4-2-6-19(21)20-7-3-5-9-22(20)26/h2-15H,28-29H2,1H3. The molecule has 0 bridgehead atoms. The lowest BCUT2D eigenvalue weighted by Crippen LogP contribution is -2.28. The van der Waals surface area contributed by atoms with Crippen molar-refractivity contribution < 1.29 is 0 Å². The van der Waals surface area contributed by atoms with Gasteiger partial charge in [-0.1, -0.05) is 78.3 Å². The molecule has 0 heterocycles. The van der Waals surface area contributed by atoms with Gasteiger partial charge in [0.15, 0.2) is 0 Å². The molecular weight excluding hydrogens is 376 g/mol. The molecule has 0 atom stereocenters. The molecule has 3 heteroatoms. The van der Waals surface area contributed by atoms with Gasteiger partial charge in [-0.2, -0.15) is 0 Å². The highest BCUT2D eigenvalue weighted by atomic mass is 35.5. The van der Waals surface area contributed by atoms with Gasteiger partial charge in [-0.15, -0.1) is 0 Å². The minimum Gasteiger partial charge on any atom is -0.399 e. The summed E-state index contributed by atoms with van der Waals surface area (Å²) in [6, 6.07) is 29.5. The van der Waals surface area contributed by atoms with Crippen molar-refractivity contribution in [3.8, 4) is 11.1 Å². The molecule has 5 rings (SSSR count). The first kappa shape index (κ1) is 17.8. The highest BCUT2D eigenvalue weighted by molar-refractivity contribution is 6.33. The Kier molecular flexibility index (Phi) is 3.94. The summed E-state index contributed by atoms with van der Waals surface area (Å²) in [5.41, 5.74) is 21.4. The fraction of sp³-hybridized carbons (Fsp3) is 0.0769. The number of hydrogen-bond acceptors (Lipinski definition) is 2. The van der Waals surface area contributed by atoms with Gasteiger partial charge in [-0.05, 0) is 64.1 Å². The zero-order valence-electron chi connectivity index (χ0n) is 16.1. The third-order valence-corrected chi connectivity index (χ3v) is 6.42. The predicted octanol–water partition coefficient (Wildman–Crippen LogP) is 6.18. The van der Waals surface area contributed by atoms with Crippen molar-refractivity contribution >= 4 is 23.0 Å². The molecule has 1 aliphatic carbocycles. The molecule has 29 heavy (non-hydrogen) atoms. The van der Waals surface area contributed by atoms with Gasteiger partial charge in [-0.3, -0.25) is 0 Å². The van der Waals surface area contributed by atoms with Gasteiger partial charge in [0.25, 0.3) is 0 Å². The van der Waals surface area contributed by atoms with Crippen LogP contribution in [0.4, 0.5) is 11.4 Å². The van der Waals surface area contributed by atoms with Crippen LogP contribution in [0.5, 0.6) is 0 Å². The Morgan fingerprint density at radius 2 is 1.17 bits per heavy atom. The number of halogens is 1. The molecule has 4 aromatic rings. The summed E-state index contributed by atoms with van der Waals surface area (Å²) in [5, 5.41) is 0.566. The van der Waals surface area contributed by atoms with E-state index in [0.29, 0.717) is 10.7 Å². The monoisotopic (exact) mass is 396 g/mol. The van der Waals surface area contributed by atoms with Gasteiger partial charge in [0.2, 0.25) is 0 Å². The van der Waals surface area contributed by atoms with E-state index in [1.165, 1.54) is 27.8 Å². The van der Waals surface area contributed by atoms with Crippen molar-refractivity contribution in [3.63, 3.8) is 0 Å². The summed E-state index contributed by atoms with van der Waals surface area (Å²) in [4.78, 5) is 0. The number of fused-ring (bicyclic) bond motifs is 3. The average molecular weight is 397 g/mol. The molecule has 1 aliphatic rings. The van der Waals surface area contributed by atoms with Crippen LogP contribution in [0.15, 0.2) is 84.9 Å². The number of benzene rings is 4. The van der Waals surface area contributed by atoms with Gasteiger partial charge in [0.1, 0.15) is 0 Å². The number of anilines is 2. The van der Waals surface area contributed by atoms with Crippen molar-refractivity contribution in [1.29, 1.82) is 0 Å². The number of rotatable bonds is 2. The first-order chi connectivity index (χ1) is 14.0. The fourth-order valence-electron chi connectivity index (χ4n) is 4.69. The van der Waals surface area contributed by atoms with Crippen LogP contribution in [-0.4, -0.2) is 0 Å². The molecule has 0 spiro atoms. The molecule has 0 unspecified atom stereocenters. The minimum atomic E-state index is -0.483. The molecule has 142 valence electrons. The van der Waals surface area contributed by atoms with Crippen molar-refractivity contribution in [2.24, 2.45) is 0 Å². The maximum Gasteiger partial charge on any atom is 0.0714 e. The van der Waals surface area contributed by atoms with Gasteiger partial charge >= 0.3 is 0 Å². The molecule has 0 aromatic heterocycles. The number of nitrogens with two attached hydrogens (primary N) is 2. The van der Waals surface area contributed by atoms with E-state index in [-0.39, 0.29) is 0 Å². The normalized spacial score (nSPS) is 13.7. The molecule has 4 N–H and O–H groups in total. The summed E-state index contributed by atoms with van der Waals surface area (Å²) >= 11 is 6.51. The van der Waals surface area contributed by atoms with E-state index in [1.807, 2.05) is 18.2 Å². The molecule has 4 aromatic carbocycles. The van der Waals surface area contributed by atoms with Crippen molar-refractivity contribution in [2.75, 3.05) is 11.5 Å². The Morgan fingerprint density at radius 1 is 0.655 bits per heavy atom. The lowest BCUT2D eigenvalue weighted by molar-refractivity contribution is 0.768. The Bertz CT molecular complexity index is 1160. The van der Waals surface area contributed by atoms with E-state index in [0.717, 1.165) is 16.8 Å². The van der Waals surface area contributed by atoms with Crippen LogP contribution in [0.1, 0.15) is 27.8 Å². The molecule has 0 aliphatic heterocycles. The Labute approximate surface area is 175 Å². The largest absolute Gasteiger partial charge is 0.399 e. The maximum atomic E-state index is 6.51. The Balaban J connectivity index is 1.97. The zero-order chi connectivity index (χ0) is 20.2.